The molecule has 1 N–H and O–H groups in total. The van der Waals surface area contributed by atoms with E-state index >= 15 is 0 Å². The summed E-state index contributed by atoms with van der Waals surface area (Å²) in [6.07, 6.45) is 4.84. The highest BCUT2D eigenvalue weighted by Crippen LogP contribution is 2.28. The summed E-state index contributed by atoms with van der Waals surface area (Å²) >= 11 is 1.67. The highest BCUT2D eigenvalue weighted by molar-refractivity contribution is 7.98. The lowest BCUT2D eigenvalue weighted by Gasteiger charge is -2.24. The van der Waals surface area contributed by atoms with E-state index in [4.69, 9.17) is 9.47 Å². The summed E-state index contributed by atoms with van der Waals surface area (Å²) in [5.41, 5.74) is 4.08. The van der Waals surface area contributed by atoms with E-state index < -0.39 is 0 Å². The molecule has 0 aliphatic rings. The summed E-state index contributed by atoms with van der Waals surface area (Å²) < 4.78 is 10.8. The molecule has 6 heteroatoms. The van der Waals surface area contributed by atoms with Crippen molar-refractivity contribution in [2.75, 3.05) is 38.9 Å². The van der Waals surface area contributed by atoms with E-state index in [1.807, 2.05) is 71.8 Å². The van der Waals surface area contributed by atoms with Gasteiger partial charge in [0.25, 0.3) is 0 Å². The number of methoxy groups -OCH3 is 2. The number of ether oxygens (including phenoxy) is 2. The van der Waals surface area contributed by atoms with Crippen molar-refractivity contribution in [3.63, 3.8) is 0 Å². The van der Waals surface area contributed by atoms with E-state index in [0.29, 0.717) is 31.0 Å². The van der Waals surface area contributed by atoms with E-state index in [9.17, 15) is 4.79 Å². The van der Waals surface area contributed by atoms with Crippen LogP contribution in [0.25, 0.3) is 6.08 Å². The fraction of sp³-hybridized carbons (Fsp3) is 0.250. The van der Waals surface area contributed by atoms with Crippen molar-refractivity contribution in [3.05, 3.63) is 89.5 Å². The molecule has 3 rings (SSSR count). The summed E-state index contributed by atoms with van der Waals surface area (Å²) in [5, 5.41) is 3.05. The van der Waals surface area contributed by atoms with Crippen molar-refractivity contribution in [2.45, 2.75) is 18.2 Å². The van der Waals surface area contributed by atoms with Crippen molar-refractivity contribution in [3.8, 4) is 11.5 Å². The molecular formula is C28H32N2O3S. The normalized spacial score (nSPS) is 11.1. The van der Waals surface area contributed by atoms with Gasteiger partial charge < -0.3 is 19.7 Å². The number of carbonyl (C=O) groups excluding carboxylic acids is 1. The molecule has 0 atom stereocenters. The van der Waals surface area contributed by atoms with Crippen LogP contribution in [0.5, 0.6) is 11.5 Å². The minimum Gasteiger partial charge on any atom is -0.493 e. The van der Waals surface area contributed by atoms with Crippen molar-refractivity contribution in [1.82, 2.24) is 4.90 Å². The van der Waals surface area contributed by atoms with Gasteiger partial charge in [0.05, 0.1) is 14.2 Å². The molecule has 2 amide bonds. The van der Waals surface area contributed by atoms with Crippen LogP contribution in [0.1, 0.15) is 18.1 Å². The van der Waals surface area contributed by atoms with Crippen molar-refractivity contribution in [1.29, 1.82) is 0 Å². The minimum atomic E-state index is -0.127. The SMILES string of the molecule is COc1ccc(CCN(C/C(C)=C/c2ccccc2)C(=O)Nc2ccc(SC)cc2)cc1OC. The Balaban J connectivity index is 1.76. The maximum absolute atomic E-state index is 13.2. The third kappa shape index (κ3) is 7.32. The minimum absolute atomic E-state index is 0.127. The van der Waals surface area contributed by atoms with Crippen LogP contribution in [0.4, 0.5) is 10.5 Å². The summed E-state index contributed by atoms with van der Waals surface area (Å²) in [7, 11) is 3.25. The summed E-state index contributed by atoms with van der Waals surface area (Å²) in [5.74, 6) is 1.38. The van der Waals surface area contributed by atoms with E-state index in [0.717, 1.165) is 27.3 Å². The number of nitrogens with zero attached hydrogens (tertiary/aromatic N) is 1. The molecule has 0 saturated heterocycles. The van der Waals surface area contributed by atoms with Crippen LogP contribution in [0.15, 0.2) is 83.3 Å². The Hall–Kier alpha value is -3.38. The van der Waals surface area contributed by atoms with E-state index in [1.54, 1.807) is 26.0 Å². The van der Waals surface area contributed by atoms with Gasteiger partial charge in [-0.15, -0.1) is 11.8 Å². The first-order valence-electron chi connectivity index (χ1n) is 11.2. The molecular weight excluding hydrogens is 444 g/mol. The van der Waals surface area contributed by atoms with Gasteiger partial charge in [0.2, 0.25) is 0 Å². The second kappa shape index (κ2) is 12.8. The van der Waals surface area contributed by atoms with Crippen LogP contribution >= 0.6 is 11.8 Å². The average molecular weight is 477 g/mol. The Morgan fingerprint density at radius 3 is 2.32 bits per heavy atom. The lowest BCUT2D eigenvalue weighted by Crippen LogP contribution is -2.37. The Morgan fingerprint density at radius 1 is 0.971 bits per heavy atom. The topological polar surface area (TPSA) is 50.8 Å². The average Bonchev–Trinajstić information content (AvgIpc) is 2.87. The van der Waals surface area contributed by atoms with Crippen molar-refractivity contribution >= 4 is 29.6 Å². The van der Waals surface area contributed by atoms with Crippen LogP contribution in [0.3, 0.4) is 0 Å². The number of rotatable bonds is 10. The quantitative estimate of drug-likeness (QED) is 0.335. The number of thioether (sulfide) groups is 1. The highest BCUT2D eigenvalue weighted by Gasteiger charge is 2.15. The molecule has 0 heterocycles. The zero-order chi connectivity index (χ0) is 24.3. The van der Waals surface area contributed by atoms with E-state index in [1.165, 1.54) is 0 Å². The van der Waals surface area contributed by atoms with Crippen LogP contribution in [-0.2, 0) is 6.42 Å². The molecule has 3 aromatic rings. The maximum Gasteiger partial charge on any atom is 0.322 e. The first-order valence-corrected chi connectivity index (χ1v) is 12.4. The van der Waals surface area contributed by atoms with Gasteiger partial charge in [0.15, 0.2) is 11.5 Å². The molecule has 178 valence electrons. The molecule has 0 radical (unpaired) electrons. The summed E-state index contributed by atoms with van der Waals surface area (Å²) in [6, 6.07) is 23.8. The molecule has 0 aromatic heterocycles. The van der Waals surface area contributed by atoms with Gasteiger partial charge in [-0.1, -0.05) is 48.0 Å². The van der Waals surface area contributed by atoms with Gasteiger partial charge in [-0.2, -0.15) is 0 Å². The Kier molecular flexibility index (Phi) is 9.47. The van der Waals surface area contributed by atoms with E-state index in [-0.39, 0.29) is 6.03 Å². The first kappa shape index (κ1) is 25.2. The predicted molar refractivity (Wildman–Crippen MR) is 142 cm³/mol. The van der Waals surface area contributed by atoms with Crippen LogP contribution in [0, 0.1) is 0 Å². The second-order valence-corrected chi connectivity index (χ2v) is 8.80. The zero-order valence-electron chi connectivity index (χ0n) is 20.2. The Labute approximate surface area is 206 Å². The third-order valence-corrected chi connectivity index (χ3v) is 6.14. The van der Waals surface area contributed by atoms with Gasteiger partial charge in [-0.3, -0.25) is 0 Å². The molecule has 3 aromatic carbocycles. The first-order chi connectivity index (χ1) is 16.5. The number of benzene rings is 3. The zero-order valence-corrected chi connectivity index (χ0v) is 21.0. The monoisotopic (exact) mass is 476 g/mol. The molecule has 0 spiro atoms. The Bertz CT molecular complexity index is 1100. The molecule has 0 aliphatic carbocycles. The standard InChI is InChI=1S/C28H32N2O3S/c1-21(18-22-8-6-5-7-9-22)20-30(28(31)29-24-11-13-25(34-4)14-12-24)17-16-23-10-15-26(32-2)27(19-23)33-3/h5-15,18-19H,16-17,20H2,1-4H3,(H,29,31)/b21-18+. The van der Waals surface area contributed by atoms with Crippen molar-refractivity contribution < 1.29 is 14.3 Å². The number of amides is 2. The second-order valence-electron chi connectivity index (χ2n) is 7.92. The van der Waals surface area contributed by atoms with E-state index in [2.05, 4.69) is 30.4 Å². The number of carbonyl (C=O) groups is 1. The molecule has 0 bridgehead atoms. The molecule has 0 fully saturated rings. The predicted octanol–water partition coefficient (Wildman–Crippen LogP) is 6.61. The molecule has 5 nitrogen and oxygen atoms in total. The number of nitrogens with one attached hydrogen (secondary N) is 1. The Morgan fingerprint density at radius 2 is 1.68 bits per heavy atom. The van der Waals surface area contributed by atoms with Crippen LogP contribution < -0.4 is 14.8 Å². The molecule has 0 saturated carbocycles. The number of urea groups is 1. The molecule has 0 aliphatic heterocycles. The van der Waals surface area contributed by atoms with Crippen LogP contribution in [0.2, 0.25) is 0 Å². The lowest BCUT2D eigenvalue weighted by atomic mass is 10.1. The third-order valence-electron chi connectivity index (χ3n) is 5.40. The van der Waals surface area contributed by atoms with Gasteiger partial charge in [-0.05, 0) is 67.1 Å². The van der Waals surface area contributed by atoms with Crippen LogP contribution in [-0.4, -0.2) is 44.5 Å². The fourth-order valence-electron chi connectivity index (χ4n) is 3.61. The van der Waals surface area contributed by atoms with Gasteiger partial charge in [0.1, 0.15) is 0 Å². The highest BCUT2D eigenvalue weighted by atomic mass is 32.2. The summed E-state index contributed by atoms with van der Waals surface area (Å²) in [6.45, 7) is 3.14. The molecule has 0 unspecified atom stereocenters. The smallest absolute Gasteiger partial charge is 0.322 e. The lowest BCUT2D eigenvalue weighted by molar-refractivity contribution is 0.216. The summed E-state index contributed by atoms with van der Waals surface area (Å²) in [4.78, 5) is 16.2. The van der Waals surface area contributed by atoms with Gasteiger partial charge in [0, 0.05) is 23.7 Å². The number of hydrogen-bond acceptors (Lipinski definition) is 4. The molecule has 34 heavy (non-hydrogen) atoms. The number of anilines is 1. The van der Waals surface area contributed by atoms with Gasteiger partial charge in [-0.25, -0.2) is 4.79 Å². The largest absolute Gasteiger partial charge is 0.493 e. The van der Waals surface area contributed by atoms with Crippen molar-refractivity contribution in [2.24, 2.45) is 0 Å². The maximum atomic E-state index is 13.2. The fourth-order valence-corrected chi connectivity index (χ4v) is 4.02. The number of hydrogen-bond donors (Lipinski definition) is 1. The van der Waals surface area contributed by atoms with Gasteiger partial charge >= 0.3 is 6.03 Å².